The van der Waals surface area contributed by atoms with Gasteiger partial charge >= 0.3 is 0 Å². The van der Waals surface area contributed by atoms with Gasteiger partial charge in [-0.25, -0.2) is 0 Å². The Morgan fingerprint density at radius 2 is 1.65 bits per heavy atom. The largest absolute Gasteiger partial charge is 0.355 e. The Labute approximate surface area is 201 Å². The van der Waals surface area contributed by atoms with Crippen LogP contribution in [0.5, 0.6) is 0 Å². The van der Waals surface area contributed by atoms with Gasteiger partial charge in [-0.2, -0.15) is 0 Å². The van der Waals surface area contributed by atoms with E-state index in [0.717, 1.165) is 65.9 Å². The Hall–Kier alpha value is -3.66. The minimum Gasteiger partial charge on any atom is -0.355 e. The Morgan fingerprint density at radius 3 is 2.47 bits per heavy atom. The number of nitrogens with one attached hydrogen (secondary N) is 1. The summed E-state index contributed by atoms with van der Waals surface area (Å²) in [5.41, 5.74) is 6.41. The van der Waals surface area contributed by atoms with E-state index >= 15 is 0 Å². The number of nitrogens with zero attached hydrogens (tertiary/aromatic N) is 2. The van der Waals surface area contributed by atoms with E-state index in [4.69, 9.17) is 0 Å². The van der Waals surface area contributed by atoms with Crippen LogP contribution in [0.15, 0.2) is 84.9 Å². The zero-order valence-electron chi connectivity index (χ0n) is 19.7. The third-order valence-electron chi connectivity index (χ3n) is 6.74. The van der Waals surface area contributed by atoms with Crippen LogP contribution in [0.3, 0.4) is 0 Å². The number of likely N-dealkylation sites (tertiary alicyclic amines) is 1. The fourth-order valence-corrected chi connectivity index (χ4v) is 4.95. The number of aryl methyl sites for hydroxylation is 1. The molecule has 0 unspecified atom stereocenters. The van der Waals surface area contributed by atoms with Gasteiger partial charge in [0.25, 0.3) is 0 Å². The SMILES string of the molecule is Cc1cc(Nc2cccc(CC(=O)N3CCC(Cc4ccccc4)CC3)c2)c2ccccc2n1. The van der Waals surface area contributed by atoms with Gasteiger partial charge in [0, 0.05) is 35.5 Å². The summed E-state index contributed by atoms with van der Waals surface area (Å²) in [6.45, 7) is 3.73. The molecule has 4 heteroatoms. The number of para-hydroxylation sites is 1. The van der Waals surface area contributed by atoms with Crippen molar-refractivity contribution in [2.24, 2.45) is 5.92 Å². The number of hydrogen-bond donors (Lipinski definition) is 1. The molecule has 0 radical (unpaired) electrons. The standard InChI is InChI=1S/C30H31N3O/c1-22-18-29(27-12-5-6-13-28(27)31-22)32-26-11-7-10-25(20-26)21-30(34)33-16-14-24(15-17-33)19-23-8-3-2-4-9-23/h2-13,18,20,24H,14-17,19,21H2,1H3,(H,31,32). The second kappa shape index (κ2) is 10.1. The number of carbonyl (C=O) groups is 1. The van der Waals surface area contributed by atoms with E-state index in [1.54, 1.807) is 0 Å². The van der Waals surface area contributed by atoms with E-state index < -0.39 is 0 Å². The fourth-order valence-electron chi connectivity index (χ4n) is 4.95. The highest BCUT2D eigenvalue weighted by atomic mass is 16.2. The number of anilines is 2. The number of rotatable bonds is 6. The molecule has 1 aliphatic rings. The van der Waals surface area contributed by atoms with Crippen LogP contribution in [0.2, 0.25) is 0 Å². The average molecular weight is 450 g/mol. The molecule has 0 atom stereocenters. The lowest BCUT2D eigenvalue weighted by molar-refractivity contribution is -0.131. The smallest absolute Gasteiger partial charge is 0.226 e. The first-order valence-electron chi connectivity index (χ1n) is 12.2. The zero-order chi connectivity index (χ0) is 23.3. The molecule has 1 saturated heterocycles. The van der Waals surface area contributed by atoms with Crippen molar-refractivity contribution >= 4 is 28.2 Å². The lowest BCUT2D eigenvalue weighted by atomic mass is 9.90. The Kier molecular flexibility index (Phi) is 6.57. The quantitative estimate of drug-likeness (QED) is 0.375. The van der Waals surface area contributed by atoms with Crippen molar-refractivity contribution in [2.75, 3.05) is 18.4 Å². The van der Waals surface area contributed by atoms with Gasteiger partial charge in [-0.15, -0.1) is 0 Å². The number of benzene rings is 3. The molecule has 1 amide bonds. The summed E-state index contributed by atoms with van der Waals surface area (Å²) in [4.78, 5) is 19.7. The molecule has 5 rings (SSSR count). The molecule has 1 aromatic heterocycles. The maximum Gasteiger partial charge on any atom is 0.226 e. The molecule has 0 aliphatic carbocycles. The highest BCUT2D eigenvalue weighted by molar-refractivity contribution is 5.93. The van der Waals surface area contributed by atoms with E-state index in [2.05, 4.69) is 58.8 Å². The molecule has 172 valence electrons. The zero-order valence-corrected chi connectivity index (χ0v) is 19.7. The van der Waals surface area contributed by atoms with Crippen molar-refractivity contribution in [3.05, 3.63) is 102 Å². The number of amides is 1. The Balaban J connectivity index is 1.21. The topological polar surface area (TPSA) is 45.2 Å². The maximum atomic E-state index is 13.0. The van der Waals surface area contributed by atoms with Gasteiger partial charge in [0.05, 0.1) is 11.9 Å². The van der Waals surface area contributed by atoms with Gasteiger partial charge in [-0.1, -0.05) is 60.7 Å². The van der Waals surface area contributed by atoms with E-state index in [0.29, 0.717) is 12.3 Å². The lowest BCUT2D eigenvalue weighted by Crippen LogP contribution is -2.39. The number of hydrogen-bond acceptors (Lipinski definition) is 3. The predicted octanol–water partition coefficient (Wildman–Crippen LogP) is 6.31. The minimum atomic E-state index is 0.223. The molecule has 0 saturated carbocycles. The lowest BCUT2D eigenvalue weighted by Gasteiger charge is -2.32. The molecular weight excluding hydrogens is 418 g/mol. The number of pyridine rings is 1. The molecule has 0 bridgehead atoms. The normalized spacial score (nSPS) is 14.3. The van der Waals surface area contributed by atoms with Crippen LogP contribution in [0.25, 0.3) is 10.9 Å². The molecule has 4 nitrogen and oxygen atoms in total. The maximum absolute atomic E-state index is 13.0. The highest BCUT2D eigenvalue weighted by Crippen LogP contribution is 2.27. The second-order valence-electron chi connectivity index (χ2n) is 9.34. The van der Waals surface area contributed by atoms with Crippen molar-refractivity contribution in [3.63, 3.8) is 0 Å². The summed E-state index contributed by atoms with van der Waals surface area (Å²) >= 11 is 0. The van der Waals surface area contributed by atoms with Crippen LogP contribution in [0, 0.1) is 12.8 Å². The van der Waals surface area contributed by atoms with Crippen LogP contribution in [-0.2, 0) is 17.6 Å². The van der Waals surface area contributed by atoms with Crippen LogP contribution in [-0.4, -0.2) is 28.9 Å². The average Bonchev–Trinajstić information content (AvgIpc) is 2.85. The van der Waals surface area contributed by atoms with Crippen molar-refractivity contribution in [1.82, 2.24) is 9.88 Å². The van der Waals surface area contributed by atoms with Crippen molar-refractivity contribution in [3.8, 4) is 0 Å². The van der Waals surface area contributed by atoms with E-state index in [1.807, 2.05) is 48.2 Å². The van der Waals surface area contributed by atoms with E-state index in [1.165, 1.54) is 5.56 Å². The van der Waals surface area contributed by atoms with Gasteiger partial charge in [0.15, 0.2) is 0 Å². The molecule has 1 fully saturated rings. The summed E-state index contributed by atoms with van der Waals surface area (Å²) < 4.78 is 0. The Bertz CT molecular complexity index is 1280. The first kappa shape index (κ1) is 22.1. The molecule has 2 heterocycles. The van der Waals surface area contributed by atoms with Gasteiger partial charge in [0.2, 0.25) is 5.91 Å². The summed E-state index contributed by atoms with van der Waals surface area (Å²) in [5, 5.41) is 4.64. The van der Waals surface area contributed by atoms with E-state index in [-0.39, 0.29) is 5.91 Å². The van der Waals surface area contributed by atoms with Crippen LogP contribution in [0.4, 0.5) is 11.4 Å². The van der Waals surface area contributed by atoms with Crippen LogP contribution < -0.4 is 5.32 Å². The number of carbonyl (C=O) groups excluding carboxylic acids is 1. The van der Waals surface area contributed by atoms with Crippen molar-refractivity contribution < 1.29 is 4.79 Å². The van der Waals surface area contributed by atoms with Gasteiger partial charge in [-0.3, -0.25) is 9.78 Å². The van der Waals surface area contributed by atoms with Crippen molar-refractivity contribution in [2.45, 2.75) is 32.6 Å². The molecular formula is C30H31N3O. The minimum absolute atomic E-state index is 0.223. The third kappa shape index (κ3) is 5.28. The number of aromatic nitrogens is 1. The van der Waals surface area contributed by atoms with Gasteiger partial charge in [-0.05, 0) is 67.5 Å². The summed E-state index contributed by atoms with van der Waals surface area (Å²) in [6, 6.07) is 29.1. The predicted molar refractivity (Wildman–Crippen MR) is 139 cm³/mol. The summed E-state index contributed by atoms with van der Waals surface area (Å²) in [6.07, 6.45) is 3.71. The second-order valence-corrected chi connectivity index (χ2v) is 9.34. The van der Waals surface area contributed by atoms with E-state index in [9.17, 15) is 4.79 Å². The van der Waals surface area contributed by atoms with Gasteiger partial charge < -0.3 is 10.2 Å². The fraction of sp³-hybridized carbons (Fsp3) is 0.267. The molecule has 3 aromatic carbocycles. The Morgan fingerprint density at radius 1 is 0.912 bits per heavy atom. The van der Waals surface area contributed by atoms with Crippen molar-refractivity contribution in [1.29, 1.82) is 0 Å². The highest BCUT2D eigenvalue weighted by Gasteiger charge is 2.23. The molecule has 4 aromatic rings. The first-order valence-corrected chi connectivity index (χ1v) is 12.2. The number of piperidine rings is 1. The van der Waals surface area contributed by atoms with Crippen LogP contribution in [0.1, 0.15) is 29.7 Å². The van der Waals surface area contributed by atoms with Crippen LogP contribution >= 0.6 is 0 Å². The summed E-state index contributed by atoms with van der Waals surface area (Å²) in [5.74, 6) is 0.887. The third-order valence-corrected chi connectivity index (χ3v) is 6.74. The molecule has 34 heavy (non-hydrogen) atoms. The molecule has 1 N–H and O–H groups in total. The summed E-state index contributed by atoms with van der Waals surface area (Å²) in [7, 11) is 0. The molecule has 1 aliphatic heterocycles. The first-order chi connectivity index (χ1) is 16.6. The number of fused-ring (bicyclic) bond motifs is 1. The monoisotopic (exact) mass is 449 g/mol. The molecule has 0 spiro atoms. The van der Waals surface area contributed by atoms with Gasteiger partial charge in [0.1, 0.15) is 0 Å².